The van der Waals surface area contributed by atoms with Crippen LogP contribution >= 0.6 is 0 Å². The van der Waals surface area contributed by atoms with Gasteiger partial charge in [0.15, 0.2) is 5.78 Å². The van der Waals surface area contributed by atoms with Gasteiger partial charge < -0.3 is 18.9 Å². The van der Waals surface area contributed by atoms with Gasteiger partial charge in [-0.25, -0.2) is 58.3 Å². The Morgan fingerprint density at radius 2 is 0.530 bits per heavy atom. The predicted molar refractivity (Wildman–Crippen MR) is 241 cm³/mol. The van der Waals surface area contributed by atoms with Gasteiger partial charge in [0.25, 0.3) is 0 Å². The van der Waals surface area contributed by atoms with Gasteiger partial charge in [0.05, 0.1) is 44.7 Å². The Morgan fingerprint density at radius 3 is 0.742 bits per heavy atom. The largest absolute Gasteiger partial charge is 0.459 e. The molecule has 2 rings (SSSR count). The summed E-state index contributed by atoms with van der Waals surface area (Å²) < 4.78 is 22.4. The van der Waals surface area contributed by atoms with Crippen LogP contribution in [0.25, 0.3) is 0 Å². The molecule has 0 spiro atoms. The van der Waals surface area contributed by atoms with E-state index in [1.807, 2.05) is 0 Å². The van der Waals surface area contributed by atoms with E-state index in [0.29, 0.717) is 0 Å². The quantitative estimate of drug-likeness (QED) is 0.0355. The van der Waals surface area contributed by atoms with E-state index in [4.69, 9.17) is 58.0 Å². The number of rotatable bonds is 22. The van der Waals surface area contributed by atoms with Crippen LogP contribution in [0.4, 0.5) is 0 Å². The van der Waals surface area contributed by atoms with Gasteiger partial charge in [-0.05, 0) is 163 Å². The number of benzene rings is 2. The van der Waals surface area contributed by atoms with Crippen molar-refractivity contribution in [2.45, 2.75) is 183 Å². The molecule has 2 aromatic carbocycles. The summed E-state index contributed by atoms with van der Waals surface area (Å²) in [5.41, 5.74) is -8.37. The normalized spacial score (nSPS) is 13.3. The number of ketones is 1. The van der Waals surface area contributed by atoms with E-state index in [1.165, 1.54) is 36.4 Å². The molecule has 17 nitrogen and oxygen atoms in total. The smallest absolute Gasteiger partial charge is 0.339 e. The molecule has 2 aromatic rings. The fourth-order valence-electron chi connectivity index (χ4n) is 4.55. The molecule has 0 saturated carbocycles. The molecule has 0 aromatic heterocycles. The molecule has 0 aliphatic carbocycles. The third-order valence-electron chi connectivity index (χ3n) is 7.72. The van der Waals surface area contributed by atoms with E-state index in [0.717, 1.165) is 0 Å². The fraction of sp³-hybridized carbons (Fsp3) is 0.653. The second-order valence-electron chi connectivity index (χ2n) is 22.3. The lowest BCUT2D eigenvalue weighted by Crippen LogP contribution is -2.36. The molecule has 0 N–H and O–H groups in total. The molecule has 0 atom stereocenters. The summed E-state index contributed by atoms with van der Waals surface area (Å²) in [5, 5.41) is 0. The molecule has 372 valence electrons. The minimum atomic E-state index is -1.14. The van der Waals surface area contributed by atoms with Crippen molar-refractivity contribution in [1.29, 1.82) is 0 Å². The molecule has 0 radical (unpaired) electrons. The van der Waals surface area contributed by atoms with E-state index in [2.05, 4.69) is 0 Å². The minimum absolute atomic E-state index is 0.0893. The van der Waals surface area contributed by atoms with Crippen molar-refractivity contribution >= 4 is 29.7 Å². The molecule has 0 fully saturated rings. The van der Waals surface area contributed by atoms with Crippen molar-refractivity contribution in [2.75, 3.05) is 26.4 Å². The van der Waals surface area contributed by atoms with Crippen LogP contribution in [0.3, 0.4) is 0 Å². The minimum Gasteiger partial charge on any atom is -0.459 e. The number of ether oxygens (including phenoxy) is 4. The first-order chi connectivity index (χ1) is 29.7. The molecule has 66 heavy (non-hydrogen) atoms. The zero-order valence-electron chi connectivity index (χ0n) is 42.7. The summed E-state index contributed by atoms with van der Waals surface area (Å²) in [6.45, 7) is 33.4. The van der Waals surface area contributed by atoms with Crippen LogP contribution in [-0.4, -0.2) is 101 Å². The molecule has 17 heteroatoms. The molecule has 0 aliphatic rings. The fourth-order valence-corrected chi connectivity index (χ4v) is 4.55. The van der Waals surface area contributed by atoms with Crippen LogP contribution in [0.5, 0.6) is 0 Å². The van der Waals surface area contributed by atoms with Gasteiger partial charge in [0.2, 0.25) is 0 Å². The Hall–Kier alpha value is -4.33. The lowest BCUT2D eigenvalue weighted by atomic mass is 9.95. The Kier molecular flexibility index (Phi) is 19.4. The number of carbonyl (C=O) groups excluding carboxylic acids is 5. The van der Waals surface area contributed by atoms with Crippen molar-refractivity contribution in [1.82, 2.24) is 0 Å². The molecule has 0 heterocycles. The molecular formula is C49H74O17. The number of carbonyl (C=O) groups is 5. The van der Waals surface area contributed by atoms with Crippen molar-refractivity contribution in [3.05, 3.63) is 69.8 Å². The highest BCUT2D eigenvalue weighted by Gasteiger charge is 2.33. The van der Waals surface area contributed by atoms with Crippen molar-refractivity contribution in [3.63, 3.8) is 0 Å². The summed E-state index contributed by atoms with van der Waals surface area (Å²) in [6, 6.07) is 7.44. The zero-order chi connectivity index (χ0) is 50.9. The van der Waals surface area contributed by atoms with Crippen LogP contribution in [-0.2, 0) is 58.0 Å². The number of hydrogen-bond acceptors (Lipinski definition) is 17. The van der Waals surface area contributed by atoms with Crippen molar-refractivity contribution in [3.8, 4) is 0 Å². The van der Waals surface area contributed by atoms with Crippen molar-refractivity contribution < 1.29 is 82.0 Å². The maximum atomic E-state index is 14.3. The van der Waals surface area contributed by atoms with Crippen LogP contribution in [0.2, 0.25) is 0 Å². The molecule has 0 amide bonds. The van der Waals surface area contributed by atoms with Gasteiger partial charge >= 0.3 is 23.9 Å². The average molecular weight is 935 g/mol. The van der Waals surface area contributed by atoms with E-state index in [1.54, 1.807) is 138 Å². The highest BCUT2D eigenvalue weighted by molar-refractivity contribution is 6.13. The third kappa shape index (κ3) is 21.5. The molecular weight excluding hydrogens is 861 g/mol. The Labute approximate surface area is 390 Å². The predicted octanol–water partition coefficient (Wildman–Crippen LogP) is 9.65. The highest BCUT2D eigenvalue weighted by Crippen LogP contribution is 2.26. The van der Waals surface area contributed by atoms with Crippen LogP contribution in [0.15, 0.2) is 36.4 Å². The maximum Gasteiger partial charge on any atom is 0.339 e. The van der Waals surface area contributed by atoms with Crippen molar-refractivity contribution in [2.24, 2.45) is 0 Å². The SMILES string of the molecule is CC(C)(C)OOC(C)(C)COC(=O)c1ccc(C(=O)c2ccc(C(=O)OCC(C)(C)OOC(C)(C)C)c(C(=O)OCC(C)(C)OOC(C)(C)C)c2)cc1C(=O)OCC(C)(C)OOC(C)(C)C. The van der Waals surface area contributed by atoms with E-state index in [9.17, 15) is 24.0 Å². The lowest BCUT2D eigenvalue weighted by molar-refractivity contribution is -0.400. The second kappa shape index (κ2) is 22.2. The van der Waals surface area contributed by atoms with Gasteiger partial charge in [-0.2, -0.15) is 0 Å². The summed E-state index contributed by atoms with van der Waals surface area (Å²) in [6.07, 6.45) is 0. The summed E-state index contributed by atoms with van der Waals surface area (Å²) in [5.74, 6) is -4.53. The standard InChI is InChI=1S/C49H74O17/c1-42(2,3)59-63-46(13,14)27-55-38(51)33-23-21-31(25-35(33)40(53)57-29-48(17,18)65-61-44(7,8)9)37(50)32-22-24-34(39(52)56-28-47(15,16)64-60-43(4,5)6)36(26-32)41(54)58-30-49(19,20)66-62-45(10,11)12/h21-26H,27-30H2,1-20H3. The Bertz CT molecular complexity index is 1860. The second-order valence-corrected chi connectivity index (χ2v) is 22.3. The number of esters is 4. The average Bonchev–Trinajstić information content (AvgIpc) is 3.18. The van der Waals surface area contributed by atoms with E-state index < -0.39 is 74.5 Å². The Balaban J connectivity index is 2.63. The highest BCUT2D eigenvalue weighted by atomic mass is 17.2. The number of hydrogen-bond donors (Lipinski definition) is 0. The molecule has 0 unspecified atom stereocenters. The molecule has 0 saturated heterocycles. The first-order valence-corrected chi connectivity index (χ1v) is 21.7. The van der Waals surface area contributed by atoms with E-state index in [-0.39, 0.29) is 59.8 Å². The molecule has 0 aliphatic heterocycles. The van der Waals surface area contributed by atoms with Gasteiger partial charge in [0.1, 0.15) is 48.8 Å². The van der Waals surface area contributed by atoms with Gasteiger partial charge in [-0.15, -0.1) is 0 Å². The lowest BCUT2D eigenvalue weighted by Gasteiger charge is -2.28. The third-order valence-corrected chi connectivity index (χ3v) is 7.72. The van der Waals surface area contributed by atoms with Gasteiger partial charge in [0, 0.05) is 11.1 Å². The first kappa shape index (κ1) is 57.8. The summed E-state index contributed by atoms with van der Waals surface area (Å²) in [4.78, 5) is 113. The Morgan fingerprint density at radius 1 is 0.318 bits per heavy atom. The zero-order valence-corrected chi connectivity index (χ0v) is 42.7. The summed E-state index contributed by atoms with van der Waals surface area (Å²) in [7, 11) is 0. The van der Waals surface area contributed by atoms with Crippen LogP contribution in [0.1, 0.15) is 196 Å². The topological polar surface area (TPSA) is 196 Å². The van der Waals surface area contributed by atoms with Crippen LogP contribution < -0.4 is 0 Å². The van der Waals surface area contributed by atoms with E-state index >= 15 is 0 Å². The van der Waals surface area contributed by atoms with Gasteiger partial charge in [-0.1, -0.05) is 12.1 Å². The molecule has 0 bridgehead atoms. The summed E-state index contributed by atoms with van der Waals surface area (Å²) >= 11 is 0. The van der Waals surface area contributed by atoms with Crippen LogP contribution in [0, 0.1) is 0 Å². The maximum absolute atomic E-state index is 14.3. The monoisotopic (exact) mass is 934 g/mol. The first-order valence-electron chi connectivity index (χ1n) is 21.7. The van der Waals surface area contributed by atoms with Gasteiger partial charge in [-0.3, -0.25) is 4.79 Å².